The van der Waals surface area contributed by atoms with Gasteiger partial charge in [0.1, 0.15) is 0 Å². The van der Waals surface area contributed by atoms with E-state index in [1.54, 1.807) is 31.1 Å². The van der Waals surface area contributed by atoms with Crippen LogP contribution in [0.4, 0.5) is 5.69 Å². The van der Waals surface area contributed by atoms with Crippen molar-refractivity contribution in [1.29, 1.82) is 0 Å². The highest BCUT2D eigenvalue weighted by atomic mass is 35.5. The maximum atomic E-state index is 13.1. The van der Waals surface area contributed by atoms with Crippen molar-refractivity contribution in [2.45, 2.75) is 18.7 Å². The van der Waals surface area contributed by atoms with Crippen LogP contribution >= 0.6 is 11.6 Å². The first-order valence-electron chi connectivity index (χ1n) is 9.62. The molecule has 0 aliphatic carbocycles. The normalized spacial score (nSPS) is 15.0. The highest BCUT2D eigenvalue weighted by Crippen LogP contribution is 2.25. The summed E-state index contributed by atoms with van der Waals surface area (Å²) in [6, 6.07) is 8.21. The molecule has 156 valence electrons. The third-order valence-electron chi connectivity index (χ3n) is 5.11. The predicted octanol–water partition coefficient (Wildman–Crippen LogP) is 2.73. The number of benzene rings is 1. The molecule has 0 bridgehead atoms. The van der Waals surface area contributed by atoms with E-state index in [-0.39, 0.29) is 21.4 Å². The molecule has 3 rings (SSSR count). The van der Waals surface area contributed by atoms with Crippen LogP contribution in [-0.2, 0) is 10.0 Å². The van der Waals surface area contributed by atoms with Gasteiger partial charge in [-0.1, -0.05) is 25.4 Å². The summed E-state index contributed by atoms with van der Waals surface area (Å²) in [6.07, 6.45) is 3.49. The largest absolute Gasteiger partial charge is 0.368 e. The summed E-state index contributed by atoms with van der Waals surface area (Å²) in [5.74, 6) is -0.249. The molecule has 0 unspecified atom stereocenters. The number of sulfonamides is 1. The van der Waals surface area contributed by atoms with Gasteiger partial charge in [-0.2, -0.15) is 4.31 Å². The smallest absolute Gasteiger partial charge is 0.255 e. The van der Waals surface area contributed by atoms with E-state index in [0.717, 1.165) is 5.69 Å². The van der Waals surface area contributed by atoms with Gasteiger partial charge in [0.05, 0.1) is 15.5 Å². The Balaban J connectivity index is 1.78. The average molecular weight is 437 g/mol. The SMILES string of the molecule is CCN(CC)S(=O)(=O)c1ccc(Cl)c(C(=O)N2CCN(c3ccncc3)CC2)c1. The number of anilines is 1. The first-order chi connectivity index (χ1) is 13.9. The van der Waals surface area contributed by atoms with Crippen molar-refractivity contribution in [2.75, 3.05) is 44.2 Å². The Hall–Kier alpha value is -2.16. The molecular weight excluding hydrogens is 412 g/mol. The Morgan fingerprint density at radius 1 is 1.07 bits per heavy atom. The van der Waals surface area contributed by atoms with Gasteiger partial charge in [0.25, 0.3) is 5.91 Å². The summed E-state index contributed by atoms with van der Waals surface area (Å²) in [6.45, 7) is 6.73. The number of halogens is 1. The monoisotopic (exact) mass is 436 g/mol. The average Bonchev–Trinajstić information content (AvgIpc) is 2.75. The van der Waals surface area contributed by atoms with Gasteiger partial charge in [0, 0.05) is 57.3 Å². The van der Waals surface area contributed by atoms with Crippen LogP contribution in [0.2, 0.25) is 5.02 Å². The van der Waals surface area contributed by atoms with Crippen molar-refractivity contribution in [3.63, 3.8) is 0 Å². The summed E-state index contributed by atoms with van der Waals surface area (Å²) < 4.78 is 27.0. The van der Waals surface area contributed by atoms with Crippen LogP contribution in [-0.4, -0.2) is 67.8 Å². The van der Waals surface area contributed by atoms with Crippen molar-refractivity contribution in [1.82, 2.24) is 14.2 Å². The number of rotatable bonds is 6. The molecule has 1 amide bonds. The van der Waals surface area contributed by atoms with Crippen molar-refractivity contribution < 1.29 is 13.2 Å². The number of aromatic nitrogens is 1. The molecule has 2 aromatic rings. The molecule has 0 atom stereocenters. The molecule has 1 saturated heterocycles. The molecule has 0 spiro atoms. The zero-order valence-electron chi connectivity index (χ0n) is 16.6. The minimum atomic E-state index is -3.66. The number of carbonyl (C=O) groups excluding carboxylic acids is 1. The summed E-state index contributed by atoms with van der Waals surface area (Å²) in [5.41, 5.74) is 1.29. The van der Waals surface area contributed by atoms with Gasteiger partial charge >= 0.3 is 0 Å². The molecule has 0 N–H and O–H groups in total. The third kappa shape index (κ3) is 4.55. The molecule has 1 aliphatic heterocycles. The predicted molar refractivity (Wildman–Crippen MR) is 114 cm³/mol. The Bertz CT molecular complexity index is 957. The molecule has 29 heavy (non-hydrogen) atoms. The molecule has 1 aromatic heterocycles. The quantitative estimate of drug-likeness (QED) is 0.696. The number of nitrogens with zero attached hydrogens (tertiary/aromatic N) is 4. The van der Waals surface area contributed by atoms with Gasteiger partial charge in [-0.3, -0.25) is 9.78 Å². The van der Waals surface area contributed by atoms with Crippen LogP contribution in [0, 0.1) is 0 Å². The van der Waals surface area contributed by atoms with E-state index in [1.807, 2.05) is 12.1 Å². The Labute approximate surface area is 176 Å². The van der Waals surface area contributed by atoms with E-state index in [2.05, 4.69) is 9.88 Å². The number of hydrogen-bond donors (Lipinski definition) is 0. The fraction of sp³-hybridized carbons (Fsp3) is 0.400. The lowest BCUT2D eigenvalue weighted by Crippen LogP contribution is -2.48. The Kier molecular flexibility index (Phi) is 6.77. The minimum Gasteiger partial charge on any atom is -0.368 e. The van der Waals surface area contributed by atoms with Crippen molar-refractivity contribution in [2.24, 2.45) is 0 Å². The van der Waals surface area contributed by atoms with Crippen molar-refractivity contribution in [3.05, 3.63) is 53.3 Å². The van der Waals surface area contributed by atoms with Gasteiger partial charge in [-0.25, -0.2) is 8.42 Å². The molecule has 2 heterocycles. The minimum absolute atomic E-state index is 0.0874. The van der Waals surface area contributed by atoms with E-state index in [9.17, 15) is 13.2 Å². The van der Waals surface area contributed by atoms with E-state index in [4.69, 9.17) is 11.6 Å². The highest BCUT2D eigenvalue weighted by molar-refractivity contribution is 7.89. The van der Waals surface area contributed by atoms with E-state index in [1.165, 1.54) is 22.5 Å². The first kappa shape index (κ1) is 21.5. The molecular formula is C20H25ClN4O3S. The highest BCUT2D eigenvalue weighted by Gasteiger charge is 2.27. The third-order valence-corrected chi connectivity index (χ3v) is 7.48. The van der Waals surface area contributed by atoms with Crippen LogP contribution in [0.5, 0.6) is 0 Å². The van der Waals surface area contributed by atoms with Crippen LogP contribution in [0.15, 0.2) is 47.6 Å². The van der Waals surface area contributed by atoms with Crippen LogP contribution in [0.3, 0.4) is 0 Å². The summed E-state index contributed by atoms with van der Waals surface area (Å²) in [5, 5.41) is 0.255. The van der Waals surface area contributed by atoms with Gasteiger partial charge in [0.15, 0.2) is 0 Å². The first-order valence-corrected chi connectivity index (χ1v) is 11.4. The maximum Gasteiger partial charge on any atom is 0.255 e. The van der Waals surface area contributed by atoms with Gasteiger partial charge in [-0.15, -0.1) is 0 Å². The standard InChI is InChI=1S/C20H25ClN4O3S/c1-3-25(4-2)29(27,28)17-5-6-19(21)18(15-17)20(26)24-13-11-23(12-14-24)16-7-9-22-10-8-16/h5-10,15H,3-4,11-14H2,1-2H3. The van der Waals surface area contributed by atoms with Crippen molar-refractivity contribution >= 4 is 33.2 Å². The zero-order valence-corrected chi connectivity index (χ0v) is 18.2. The molecule has 1 aliphatic rings. The lowest BCUT2D eigenvalue weighted by atomic mass is 10.1. The van der Waals surface area contributed by atoms with Crippen LogP contribution in [0.25, 0.3) is 0 Å². The molecule has 7 nitrogen and oxygen atoms in total. The molecule has 1 fully saturated rings. The summed E-state index contributed by atoms with van der Waals surface area (Å²) >= 11 is 6.26. The molecule has 0 radical (unpaired) electrons. The number of amides is 1. The molecule has 0 saturated carbocycles. The molecule has 1 aromatic carbocycles. The Morgan fingerprint density at radius 3 is 2.28 bits per heavy atom. The van der Waals surface area contributed by atoms with E-state index in [0.29, 0.717) is 39.3 Å². The van der Waals surface area contributed by atoms with E-state index >= 15 is 0 Å². The van der Waals surface area contributed by atoms with Gasteiger partial charge < -0.3 is 9.80 Å². The zero-order chi connectivity index (χ0) is 21.0. The van der Waals surface area contributed by atoms with E-state index < -0.39 is 10.0 Å². The number of hydrogen-bond acceptors (Lipinski definition) is 5. The fourth-order valence-electron chi connectivity index (χ4n) is 3.43. The van der Waals surface area contributed by atoms with Crippen molar-refractivity contribution in [3.8, 4) is 0 Å². The lowest BCUT2D eigenvalue weighted by molar-refractivity contribution is 0.0746. The van der Waals surface area contributed by atoms with Crippen LogP contribution in [0.1, 0.15) is 24.2 Å². The summed E-state index contributed by atoms with van der Waals surface area (Å²) in [7, 11) is -3.66. The second-order valence-electron chi connectivity index (χ2n) is 6.72. The lowest BCUT2D eigenvalue weighted by Gasteiger charge is -2.36. The second-order valence-corrected chi connectivity index (χ2v) is 9.06. The topological polar surface area (TPSA) is 73.8 Å². The fourth-order valence-corrected chi connectivity index (χ4v) is 5.12. The van der Waals surface area contributed by atoms with Gasteiger partial charge in [0.2, 0.25) is 10.0 Å². The maximum absolute atomic E-state index is 13.1. The number of carbonyl (C=O) groups is 1. The number of pyridine rings is 1. The van der Waals surface area contributed by atoms with Crippen LogP contribution < -0.4 is 4.90 Å². The summed E-state index contributed by atoms with van der Waals surface area (Å²) in [4.78, 5) is 21.1. The number of piperazine rings is 1. The molecule has 9 heteroatoms. The second kappa shape index (κ2) is 9.11. The Morgan fingerprint density at radius 2 is 1.69 bits per heavy atom. The van der Waals surface area contributed by atoms with Gasteiger partial charge in [-0.05, 0) is 30.3 Å².